The lowest BCUT2D eigenvalue weighted by atomic mass is 10.2. The van der Waals surface area contributed by atoms with Gasteiger partial charge < -0.3 is 5.11 Å². The minimum atomic E-state index is -0.983. The van der Waals surface area contributed by atoms with E-state index in [4.69, 9.17) is 16.7 Å². The van der Waals surface area contributed by atoms with Gasteiger partial charge in [-0.1, -0.05) is 33.6 Å². The van der Waals surface area contributed by atoms with E-state index in [1.165, 1.54) is 11.3 Å². The molecule has 1 heterocycles. The van der Waals surface area contributed by atoms with Gasteiger partial charge in [0, 0.05) is 14.6 Å². The first-order chi connectivity index (χ1) is 6.59. The van der Waals surface area contributed by atoms with Gasteiger partial charge in [-0.3, -0.25) is 0 Å². The third kappa shape index (κ3) is 1.54. The SMILES string of the molecule is O=C(O)c1c(Cl)sc2cc(Br)ccc12. The van der Waals surface area contributed by atoms with E-state index >= 15 is 0 Å². The van der Waals surface area contributed by atoms with Crippen LogP contribution in [-0.4, -0.2) is 11.1 Å². The molecular weight excluding hydrogens is 288 g/mol. The molecule has 5 heteroatoms. The third-order valence-electron chi connectivity index (χ3n) is 1.82. The van der Waals surface area contributed by atoms with E-state index in [0.29, 0.717) is 9.72 Å². The van der Waals surface area contributed by atoms with Gasteiger partial charge in [0.2, 0.25) is 0 Å². The molecule has 1 aromatic heterocycles. The third-order valence-corrected chi connectivity index (χ3v) is 3.68. The second-order valence-corrected chi connectivity index (χ2v) is 5.27. The Morgan fingerprint density at radius 2 is 2.21 bits per heavy atom. The van der Waals surface area contributed by atoms with Crippen LogP contribution < -0.4 is 0 Å². The summed E-state index contributed by atoms with van der Waals surface area (Å²) in [6.45, 7) is 0. The van der Waals surface area contributed by atoms with Crippen molar-refractivity contribution in [3.63, 3.8) is 0 Å². The minimum absolute atomic E-state index is 0.194. The van der Waals surface area contributed by atoms with E-state index in [9.17, 15) is 4.79 Å². The second kappa shape index (κ2) is 3.53. The van der Waals surface area contributed by atoms with Crippen LogP contribution in [0, 0.1) is 0 Å². The standard InChI is InChI=1S/C9H4BrClO2S/c10-4-1-2-5-6(3-4)14-8(11)7(5)9(12)13/h1-3H,(H,12,13). The molecule has 0 aliphatic heterocycles. The van der Waals surface area contributed by atoms with E-state index in [1.807, 2.05) is 6.07 Å². The predicted molar refractivity (Wildman–Crippen MR) is 61.5 cm³/mol. The quantitative estimate of drug-likeness (QED) is 0.862. The molecule has 2 rings (SSSR count). The van der Waals surface area contributed by atoms with Gasteiger partial charge in [-0.15, -0.1) is 11.3 Å². The highest BCUT2D eigenvalue weighted by molar-refractivity contribution is 9.10. The number of carboxylic acid groups (broad SMARTS) is 1. The average molecular weight is 292 g/mol. The Bertz CT molecular complexity index is 521. The number of thiophene rings is 1. The molecule has 0 amide bonds. The zero-order chi connectivity index (χ0) is 10.3. The lowest BCUT2D eigenvalue weighted by molar-refractivity contribution is 0.0699. The maximum atomic E-state index is 10.9. The fraction of sp³-hybridized carbons (Fsp3) is 0. The molecule has 72 valence electrons. The molecule has 14 heavy (non-hydrogen) atoms. The molecule has 0 saturated heterocycles. The molecule has 0 bridgehead atoms. The zero-order valence-corrected chi connectivity index (χ0v) is 9.91. The summed E-state index contributed by atoms with van der Waals surface area (Å²) in [6.07, 6.45) is 0. The van der Waals surface area contributed by atoms with Crippen molar-refractivity contribution in [3.8, 4) is 0 Å². The fourth-order valence-electron chi connectivity index (χ4n) is 1.24. The molecule has 0 radical (unpaired) electrons. The molecule has 2 nitrogen and oxygen atoms in total. The van der Waals surface area contributed by atoms with Gasteiger partial charge in [0.15, 0.2) is 0 Å². The van der Waals surface area contributed by atoms with E-state index in [-0.39, 0.29) is 5.56 Å². The molecule has 0 saturated carbocycles. The highest BCUT2D eigenvalue weighted by Crippen LogP contribution is 2.36. The predicted octanol–water partition coefficient (Wildman–Crippen LogP) is 4.02. The Kier molecular flexibility index (Phi) is 2.51. The van der Waals surface area contributed by atoms with Gasteiger partial charge in [0.25, 0.3) is 0 Å². The number of hydrogen-bond donors (Lipinski definition) is 1. The fourth-order valence-corrected chi connectivity index (χ4v) is 3.14. The molecule has 0 spiro atoms. The maximum absolute atomic E-state index is 10.9. The van der Waals surface area contributed by atoms with E-state index < -0.39 is 5.97 Å². The summed E-state index contributed by atoms with van der Waals surface area (Å²) in [5.41, 5.74) is 0.194. The normalized spacial score (nSPS) is 10.7. The first-order valence-electron chi connectivity index (χ1n) is 3.70. The molecule has 0 atom stereocenters. The lowest BCUT2D eigenvalue weighted by Crippen LogP contribution is -1.94. The number of carboxylic acids is 1. The van der Waals surface area contributed by atoms with Crippen molar-refractivity contribution in [2.24, 2.45) is 0 Å². The van der Waals surface area contributed by atoms with E-state index in [0.717, 1.165) is 9.17 Å². The number of hydrogen-bond acceptors (Lipinski definition) is 2. The first kappa shape index (κ1) is 9.96. The highest BCUT2D eigenvalue weighted by atomic mass is 79.9. The first-order valence-corrected chi connectivity index (χ1v) is 5.69. The number of rotatable bonds is 1. The minimum Gasteiger partial charge on any atom is -0.478 e. The number of aromatic carboxylic acids is 1. The summed E-state index contributed by atoms with van der Waals surface area (Å²) in [5, 5.41) is 9.62. The number of halogens is 2. The van der Waals surface area contributed by atoms with Crippen LogP contribution in [0.1, 0.15) is 10.4 Å². The lowest BCUT2D eigenvalue weighted by Gasteiger charge is -1.93. The summed E-state index contributed by atoms with van der Waals surface area (Å²) < 4.78 is 2.12. The Hall–Kier alpha value is -0.580. The van der Waals surface area contributed by atoms with Crippen LogP contribution in [0.4, 0.5) is 0 Å². The van der Waals surface area contributed by atoms with Crippen LogP contribution in [0.3, 0.4) is 0 Å². The van der Waals surface area contributed by atoms with Crippen molar-refractivity contribution in [1.29, 1.82) is 0 Å². The van der Waals surface area contributed by atoms with Gasteiger partial charge in [-0.05, 0) is 12.1 Å². The largest absolute Gasteiger partial charge is 0.478 e. The molecule has 2 aromatic rings. The van der Waals surface area contributed by atoms with Gasteiger partial charge in [0.1, 0.15) is 4.34 Å². The van der Waals surface area contributed by atoms with Crippen molar-refractivity contribution in [2.45, 2.75) is 0 Å². The molecule has 0 aliphatic rings. The van der Waals surface area contributed by atoms with Crippen LogP contribution in [0.2, 0.25) is 4.34 Å². The van der Waals surface area contributed by atoms with Gasteiger partial charge in [-0.2, -0.15) is 0 Å². The smallest absolute Gasteiger partial charge is 0.338 e. The van der Waals surface area contributed by atoms with Crippen molar-refractivity contribution >= 4 is 54.9 Å². The van der Waals surface area contributed by atoms with Crippen LogP contribution in [0.15, 0.2) is 22.7 Å². The Labute approximate surface area is 97.2 Å². The Morgan fingerprint density at radius 3 is 2.86 bits per heavy atom. The maximum Gasteiger partial charge on any atom is 0.338 e. The van der Waals surface area contributed by atoms with Crippen molar-refractivity contribution < 1.29 is 9.90 Å². The van der Waals surface area contributed by atoms with Gasteiger partial charge in [-0.25, -0.2) is 4.79 Å². The van der Waals surface area contributed by atoms with E-state index in [2.05, 4.69) is 15.9 Å². The summed E-state index contributed by atoms with van der Waals surface area (Å²) >= 11 is 10.4. The Morgan fingerprint density at radius 1 is 1.50 bits per heavy atom. The second-order valence-electron chi connectivity index (χ2n) is 2.70. The molecule has 1 N–H and O–H groups in total. The Balaban J connectivity index is 2.84. The average Bonchev–Trinajstić information content (AvgIpc) is 2.39. The van der Waals surface area contributed by atoms with E-state index in [1.54, 1.807) is 12.1 Å². The van der Waals surface area contributed by atoms with Crippen molar-refractivity contribution in [3.05, 3.63) is 32.6 Å². The summed E-state index contributed by atoms with van der Waals surface area (Å²) in [5.74, 6) is -0.983. The summed E-state index contributed by atoms with van der Waals surface area (Å²) in [6, 6.07) is 5.42. The van der Waals surface area contributed by atoms with Crippen LogP contribution >= 0.6 is 38.9 Å². The van der Waals surface area contributed by atoms with Crippen LogP contribution in [-0.2, 0) is 0 Å². The van der Waals surface area contributed by atoms with Gasteiger partial charge in [0.05, 0.1) is 5.56 Å². The van der Waals surface area contributed by atoms with Crippen LogP contribution in [0.5, 0.6) is 0 Å². The molecule has 0 fully saturated rings. The summed E-state index contributed by atoms with van der Waals surface area (Å²) in [7, 11) is 0. The highest BCUT2D eigenvalue weighted by Gasteiger charge is 2.16. The monoisotopic (exact) mass is 290 g/mol. The number of fused-ring (bicyclic) bond motifs is 1. The number of benzene rings is 1. The van der Waals surface area contributed by atoms with Crippen LogP contribution in [0.25, 0.3) is 10.1 Å². The molecule has 1 aromatic carbocycles. The molecular formula is C9H4BrClO2S. The molecule has 0 unspecified atom stereocenters. The zero-order valence-electron chi connectivity index (χ0n) is 6.75. The molecule has 0 aliphatic carbocycles. The van der Waals surface area contributed by atoms with Crippen molar-refractivity contribution in [2.75, 3.05) is 0 Å². The number of carbonyl (C=O) groups is 1. The van der Waals surface area contributed by atoms with Crippen molar-refractivity contribution in [1.82, 2.24) is 0 Å². The summed E-state index contributed by atoms with van der Waals surface area (Å²) in [4.78, 5) is 10.9. The topological polar surface area (TPSA) is 37.3 Å². The van der Waals surface area contributed by atoms with Gasteiger partial charge >= 0.3 is 5.97 Å².